The van der Waals surface area contributed by atoms with E-state index in [1.165, 1.54) is 0 Å². The van der Waals surface area contributed by atoms with Crippen LogP contribution in [-0.2, 0) is 11.3 Å². The molecule has 0 radical (unpaired) electrons. The monoisotopic (exact) mass is 416 g/mol. The van der Waals surface area contributed by atoms with Gasteiger partial charge in [0.25, 0.3) is 0 Å². The molecule has 0 unspecified atom stereocenters. The third kappa shape index (κ3) is 5.54. The highest BCUT2D eigenvalue weighted by atomic mass is 35.5. The van der Waals surface area contributed by atoms with Crippen molar-refractivity contribution in [1.82, 2.24) is 0 Å². The number of carbonyl (C=O) groups excluding carboxylic acids is 1. The van der Waals surface area contributed by atoms with Crippen LogP contribution in [0.5, 0.6) is 0 Å². The van der Waals surface area contributed by atoms with Crippen molar-refractivity contribution in [2.75, 3.05) is 10.6 Å². The quantitative estimate of drug-likeness (QED) is 0.442. The Morgan fingerprint density at radius 2 is 1.82 bits per heavy atom. The van der Waals surface area contributed by atoms with Gasteiger partial charge >= 0.3 is 0 Å². The van der Waals surface area contributed by atoms with E-state index < -0.39 is 0 Å². The van der Waals surface area contributed by atoms with Crippen LogP contribution in [0, 0.1) is 5.92 Å². The maximum absolute atomic E-state index is 11.9. The van der Waals surface area contributed by atoms with E-state index in [-0.39, 0.29) is 5.91 Å². The van der Waals surface area contributed by atoms with Crippen molar-refractivity contribution in [1.29, 1.82) is 0 Å². The van der Waals surface area contributed by atoms with Gasteiger partial charge in [0.15, 0.2) is 0 Å². The molecule has 2 aromatic carbocycles. The summed E-state index contributed by atoms with van der Waals surface area (Å²) in [6.07, 6.45) is 0.499. The van der Waals surface area contributed by atoms with Crippen molar-refractivity contribution < 1.29 is 9.21 Å². The number of amides is 1. The van der Waals surface area contributed by atoms with Crippen LogP contribution in [0.2, 0.25) is 10.0 Å². The zero-order chi connectivity index (χ0) is 20.1. The average Bonchev–Trinajstić information content (AvgIpc) is 3.10. The Bertz CT molecular complexity index is 967. The number of halogens is 2. The van der Waals surface area contributed by atoms with Gasteiger partial charge in [-0.05, 0) is 54.4 Å². The smallest absolute Gasteiger partial charge is 0.224 e. The predicted octanol–water partition coefficient (Wildman–Crippen LogP) is 6.85. The molecule has 146 valence electrons. The molecule has 6 heteroatoms. The molecule has 1 heterocycles. The normalized spacial score (nSPS) is 10.9. The van der Waals surface area contributed by atoms with E-state index in [0.717, 1.165) is 22.7 Å². The Hall–Kier alpha value is -2.43. The summed E-state index contributed by atoms with van der Waals surface area (Å²) in [4.78, 5) is 11.9. The molecule has 0 spiro atoms. The van der Waals surface area contributed by atoms with Gasteiger partial charge in [0.05, 0.1) is 11.6 Å². The van der Waals surface area contributed by atoms with Gasteiger partial charge in [0.1, 0.15) is 11.5 Å². The summed E-state index contributed by atoms with van der Waals surface area (Å²) in [5.74, 6) is 1.77. The van der Waals surface area contributed by atoms with Gasteiger partial charge in [-0.15, -0.1) is 0 Å². The number of furan rings is 1. The number of hydrogen-bond acceptors (Lipinski definition) is 3. The van der Waals surface area contributed by atoms with E-state index in [0.29, 0.717) is 34.7 Å². The van der Waals surface area contributed by atoms with Crippen LogP contribution in [0.1, 0.15) is 26.0 Å². The van der Waals surface area contributed by atoms with Crippen molar-refractivity contribution in [3.8, 4) is 11.3 Å². The molecule has 0 aliphatic heterocycles. The van der Waals surface area contributed by atoms with Crippen LogP contribution in [0.25, 0.3) is 11.3 Å². The number of nitrogens with one attached hydrogen (secondary N) is 2. The van der Waals surface area contributed by atoms with Crippen molar-refractivity contribution >= 4 is 40.5 Å². The van der Waals surface area contributed by atoms with Crippen molar-refractivity contribution in [3.63, 3.8) is 0 Å². The lowest BCUT2D eigenvalue weighted by molar-refractivity contribution is -0.116. The molecule has 0 aliphatic carbocycles. The summed E-state index contributed by atoms with van der Waals surface area (Å²) in [6, 6.07) is 16.6. The van der Waals surface area contributed by atoms with Crippen LogP contribution in [0.4, 0.5) is 11.4 Å². The van der Waals surface area contributed by atoms with E-state index in [1.807, 2.05) is 50.2 Å². The van der Waals surface area contributed by atoms with Crippen LogP contribution in [0.3, 0.4) is 0 Å². The highest BCUT2D eigenvalue weighted by Gasteiger charge is 2.10. The minimum atomic E-state index is 0.0150. The number of anilines is 2. The largest absolute Gasteiger partial charge is 0.459 e. The Labute approximate surface area is 174 Å². The molecule has 1 aromatic heterocycles. The molecule has 4 nitrogen and oxygen atoms in total. The lowest BCUT2D eigenvalue weighted by Crippen LogP contribution is -2.13. The molecule has 0 atom stereocenters. The standard InChI is InChI=1S/C22H22Cl2N2O2/c1-14(2)10-22(27)26-17-5-3-4-16(12-17)25-13-18-7-9-21(28-18)19-11-15(23)6-8-20(19)24/h3-9,11-12,14,25H,10,13H2,1-2H3,(H,26,27). The van der Waals surface area contributed by atoms with Crippen molar-refractivity contribution in [2.24, 2.45) is 5.92 Å². The third-order valence-corrected chi connectivity index (χ3v) is 4.63. The first kappa shape index (κ1) is 20.3. The lowest BCUT2D eigenvalue weighted by atomic mass is 10.1. The highest BCUT2D eigenvalue weighted by Crippen LogP contribution is 2.32. The van der Waals surface area contributed by atoms with Gasteiger partial charge in [-0.1, -0.05) is 43.1 Å². The molecule has 3 rings (SSSR count). The minimum Gasteiger partial charge on any atom is -0.459 e. The Morgan fingerprint density at radius 3 is 2.61 bits per heavy atom. The van der Waals surface area contributed by atoms with Gasteiger partial charge in [-0.25, -0.2) is 0 Å². The van der Waals surface area contributed by atoms with Crippen LogP contribution >= 0.6 is 23.2 Å². The summed E-state index contributed by atoms with van der Waals surface area (Å²) in [7, 11) is 0. The van der Waals surface area contributed by atoms with E-state index in [4.69, 9.17) is 27.6 Å². The van der Waals surface area contributed by atoms with Gasteiger partial charge in [0, 0.05) is 28.4 Å². The summed E-state index contributed by atoms with van der Waals surface area (Å²) in [5, 5.41) is 7.41. The first-order valence-corrected chi connectivity index (χ1v) is 9.84. The SMILES string of the molecule is CC(C)CC(=O)Nc1cccc(NCc2ccc(-c3cc(Cl)ccc3Cl)o2)c1. The molecule has 0 saturated carbocycles. The molecule has 2 N–H and O–H groups in total. The molecule has 0 saturated heterocycles. The van der Waals surface area contributed by atoms with Gasteiger partial charge in [0.2, 0.25) is 5.91 Å². The minimum absolute atomic E-state index is 0.0150. The van der Waals surface area contributed by atoms with E-state index in [1.54, 1.807) is 18.2 Å². The van der Waals surface area contributed by atoms with Crippen LogP contribution < -0.4 is 10.6 Å². The second kappa shape index (κ2) is 9.18. The lowest BCUT2D eigenvalue weighted by Gasteiger charge is -2.10. The Balaban J connectivity index is 1.63. The molecule has 0 fully saturated rings. The van der Waals surface area contributed by atoms with E-state index >= 15 is 0 Å². The summed E-state index contributed by atoms with van der Waals surface area (Å²) in [5.41, 5.74) is 2.41. The average molecular weight is 417 g/mol. The number of benzene rings is 2. The second-order valence-corrected chi connectivity index (χ2v) is 7.81. The topological polar surface area (TPSA) is 54.3 Å². The maximum Gasteiger partial charge on any atom is 0.224 e. The first-order valence-electron chi connectivity index (χ1n) is 9.08. The molecule has 0 bridgehead atoms. The first-order chi connectivity index (χ1) is 13.4. The fraction of sp³-hybridized carbons (Fsp3) is 0.227. The van der Waals surface area contributed by atoms with Crippen molar-refractivity contribution in [2.45, 2.75) is 26.8 Å². The molecule has 0 aliphatic rings. The third-order valence-electron chi connectivity index (χ3n) is 4.06. The fourth-order valence-electron chi connectivity index (χ4n) is 2.78. The molecular weight excluding hydrogens is 395 g/mol. The number of rotatable bonds is 7. The van der Waals surface area contributed by atoms with Crippen molar-refractivity contribution in [3.05, 3.63) is 70.4 Å². The molecule has 28 heavy (non-hydrogen) atoms. The zero-order valence-electron chi connectivity index (χ0n) is 15.8. The summed E-state index contributed by atoms with van der Waals surface area (Å²) >= 11 is 12.3. The van der Waals surface area contributed by atoms with Gasteiger partial charge in [-0.2, -0.15) is 0 Å². The number of hydrogen-bond donors (Lipinski definition) is 2. The zero-order valence-corrected chi connectivity index (χ0v) is 17.3. The fourth-order valence-corrected chi connectivity index (χ4v) is 3.17. The molecular formula is C22H22Cl2N2O2. The van der Waals surface area contributed by atoms with E-state index in [2.05, 4.69) is 10.6 Å². The predicted molar refractivity (Wildman–Crippen MR) is 116 cm³/mol. The molecule has 1 amide bonds. The number of carbonyl (C=O) groups is 1. The van der Waals surface area contributed by atoms with Gasteiger partial charge in [-0.3, -0.25) is 4.79 Å². The maximum atomic E-state index is 11.9. The van der Waals surface area contributed by atoms with E-state index in [9.17, 15) is 4.79 Å². The Kier molecular flexibility index (Phi) is 6.65. The second-order valence-electron chi connectivity index (χ2n) is 6.97. The molecule has 3 aromatic rings. The Morgan fingerprint density at radius 1 is 1.04 bits per heavy atom. The van der Waals surface area contributed by atoms with Gasteiger partial charge < -0.3 is 15.1 Å². The van der Waals surface area contributed by atoms with Crippen LogP contribution in [-0.4, -0.2) is 5.91 Å². The summed E-state index contributed by atoms with van der Waals surface area (Å²) < 4.78 is 5.89. The van der Waals surface area contributed by atoms with Crippen LogP contribution in [0.15, 0.2) is 59.0 Å². The summed E-state index contributed by atoms with van der Waals surface area (Å²) in [6.45, 7) is 4.54. The highest BCUT2D eigenvalue weighted by molar-refractivity contribution is 6.35.